The number of hydrogen-bond donors (Lipinski definition) is 1. The summed E-state index contributed by atoms with van der Waals surface area (Å²) in [4.78, 5) is 1.94. The standard InChI is InChI=1S/C18H16BrFN2OS/c1-10-7-12(4-5-14(10)20)22-17(24)21-15-9-18(22,2)23-16-6-3-11(19)8-13(15)16/h3-8,15H,9H2,1-2H3,(H,21,24)/t15-,18+/m0/s1. The molecule has 2 atom stereocenters. The summed E-state index contributed by atoms with van der Waals surface area (Å²) in [5.41, 5.74) is 1.89. The summed E-state index contributed by atoms with van der Waals surface area (Å²) in [6.07, 6.45) is 0.743. The van der Waals surface area contributed by atoms with E-state index in [0.29, 0.717) is 10.7 Å². The molecule has 2 aliphatic heterocycles. The molecule has 1 fully saturated rings. The summed E-state index contributed by atoms with van der Waals surface area (Å²) in [6, 6.07) is 11.1. The lowest BCUT2D eigenvalue weighted by atomic mass is 9.90. The van der Waals surface area contributed by atoms with Gasteiger partial charge >= 0.3 is 0 Å². The lowest BCUT2D eigenvalue weighted by molar-refractivity contribution is 0.0497. The van der Waals surface area contributed by atoms with Gasteiger partial charge in [-0.1, -0.05) is 15.9 Å². The summed E-state index contributed by atoms with van der Waals surface area (Å²) < 4.78 is 21.0. The van der Waals surface area contributed by atoms with E-state index in [9.17, 15) is 4.39 Å². The molecule has 0 amide bonds. The monoisotopic (exact) mass is 406 g/mol. The molecule has 1 saturated heterocycles. The van der Waals surface area contributed by atoms with Gasteiger partial charge in [0.15, 0.2) is 10.8 Å². The number of fused-ring (bicyclic) bond motifs is 4. The van der Waals surface area contributed by atoms with Crippen molar-refractivity contribution in [2.75, 3.05) is 4.90 Å². The quantitative estimate of drug-likeness (QED) is 0.685. The fourth-order valence-corrected chi connectivity index (χ4v) is 4.32. The van der Waals surface area contributed by atoms with Gasteiger partial charge in [-0.25, -0.2) is 4.39 Å². The van der Waals surface area contributed by atoms with Crippen molar-refractivity contribution in [2.24, 2.45) is 0 Å². The van der Waals surface area contributed by atoms with Gasteiger partial charge in [-0.05, 0) is 68.0 Å². The average molecular weight is 407 g/mol. The molecule has 3 nitrogen and oxygen atoms in total. The maximum Gasteiger partial charge on any atom is 0.188 e. The third-order valence-corrected chi connectivity index (χ3v) is 5.43. The van der Waals surface area contributed by atoms with Gasteiger partial charge in [-0.15, -0.1) is 0 Å². The number of rotatable bonds is 1. The molecule has 1 N–H and O–H groups in total. The molecule has 0 aromatic heterocycles. The van der Waals surface area contributed by atoms with E-state index in [1.165, 1.54) is 6.07 Å². The number of aryl methyl sites for hydroxylation is 1. The summed E-state index contributed by atoms with van der Waals surface area (Å²) in [7, 11) is 0. The molecule has 2 aliphatic rings. The van der Waals surface area contributed by atoms with Crippen molar-refractivity contribution >= 4 is 38.9 Å². The van der Waals surface area contributed by atoms with Gasteiger partial charge in [0, 0.05) is 22.1 Å². The number of nitrogens with zero attached hydrogens (tertiary/aromatic N) is 1. The Balaban J connectivity index is 1.80. The zero-order valence-corrected chi connectivity index (χ0v) is 15.7. The van der Waals surface area contributed by atoms with Crippen molar-refractivity contribution in [1.29, 1.82) is 0 Å². The number of anilines is 1. The Labute approximate surface area is 153 Å². The second kappa shape index (κ2) is 5.43. The van der Waals surface area contributed by atoms with E-state index < -0.39 is 5.72 Å². The number of halogens is 2. The number of ether oxygens (including phenoxy) is 1. The second-order valence-corrected chi connectivity index (χ2v) is 7.74. The predicted molar refractivity (Wildman–Crippen MR) is 99.9 cm³/mol. The Morgan fingerprint density at radius 3 is 2.88 bits per heavy atom. The topological polar surface area (TPSA) is 24.5 Å². The van der Waals surface area contributed by atoms with Crippen molar-refractivity contribution in [1.82, 2.24) is 5.32 Å². The second-order valence-electron chi connectivity index (χ2n) is 6.43. The molecule has 0 saturated carbocycles. The van der Waals surface area contributed by atoms with Crippen molar-refractivity contribution in [3.8, 4) is 5.75 Å². The highest BCUT2D eigenvalue weighted by Crippen LogP contribution is 2.46. The Morgan fingerprint density at radius 1 is 1.33 bits per heavy atom. The van der Waals surface area contributed by atoms with Crippen molar-refractivity contribution in [3.63, 3.8) is 0 Å². The average Bonchev–Trinajstić information content (AvgIpc) is 2.51. The molecular formula is C18H16BrFN2OS. The zero-order valence-electron chi connectivity index (χ0n) is 13.3. The van der Waals surface area contributed by atoms with Gasteiger partial charge in [0.2, 0.25) is 0 Å². The fourth-order valence-electron chi connectivity index (χ4n) is 3.50. The van der Waals surface area contributed by atoms with Crippen LogP contribution in [0.2, 0.25) is 0 Å². The van der Waals surface area contributed by atoms with E-state index in [1.54, 1.807) is 19.1 Å². The van der Waals surface area contributed by atoms with Gasteiger partial charge < -0.3 is 10.1 Å². The third-order valence-electron chi connectivity index (χ3n) is 4.63. The van der Waals surface area contributed by atoms with E-state index in [1.807, 2.05) is 24.0 Å². The van der Waals surface area contributed by atoms with E-state index in [0.717, 1.165) is 27.9 Å². The lowest BCUT2D eigenvalue weighted by Crippen LogP contribution is -2.65. The van der Waals surface area contributed by atoms with Gasteiger partial charge in [0.25, 0.3) is 0 Å². The van der Waals surface area contributed by atoms with Crippen LogP contribution in [0.5, 0.6) is 5.75 Å². The van der Waals surface area contributed by atoms with Crippen molar-refractivity contribution < 1.29 is 9.13 Å². The van der Waals surface area contributed by atoms with Crippen LogP contribution in [-0.2, 0) is 0 Å². The number of hydrogen-bond acceptors (Lipinski definition) is 2. The molecule has 24 heavy (non-hydrogen) atoms. The highest BCUT2D eigenvalue weighted by molar-refractivity contribution is 9.10. The zero-order chi connectivity index (χ0) is 17.1. The molecule has 6 heteroatoms. The van der Waals surface area contributed by atoms with E-state index >= 15 is 0 Å². The molecule has 0 radical (unpaired) electrons. The van der Waals surface area contributed by atoms with Crippen molar-refractivity contribution in [3.05, 3.63) is 57.8 Å². The first-order valence-corrected chi connectivity index (χ1v) is 8.93. The number of thiocarbonyl (C=S) groups is 1. The van der Waals surface area contributed by atoms with Crippen LogP contribution >= 0.6 is 28.1 Å². The van der Waals surface area contributed by atoms with E-state index in [2.05, 4.69) is 27.3 Å². The highest BCUT2D eigenvalue weighted by Gasteiger charge is 2.48. The Kier molecular flexibility index (Phi) is 3.58. The molecule has 2 heterocycles. The van der Waals surface area contributed by atoms with Crippen LogP contribution < -0.4 is 15.0 Å². The molecule has 2 aromatic carbocycles. The maximum absolute atomic E-state index is 13.6. The van der Waals surface area contributed by atoms with Gasteiger partial charge in [0.05, 0.1) is 6.04 Å². The minimum absolute atomic E-state index is 0.0987. The molecule has 4 rings (SSSR count). The SMILES string of the molecule is Cc1cc(N2C(=S)N[C@H]3C[C@@]2(C)Oc2ccc(Br)cc23)ccc1F. The van der Waals surface area contributed by atoms with Crippen LogP contribution in [0.3, 0.4) is 0 Å². The van der Waals surface area contributed by atoms with Crippen LogP contribution in [0, 0.1) is 12.7 Å². The van der Waals surface area contributed by atoms with Crippen molar-refractivity contribution in [2.45, 2.75) is 32.0 Å². The number of benzene rings is 2. The maximum atomic E-state index is 13.6. The van der Waals surface area contributed by atoms with Crippen LogP contribution in [0.15, 0.2) is 40.9 Å². The van der Waals surface area contributed by atoms with Crippen LogP contribution in [-0.4, -0.2) is 10.8 Å². The van der Waals surface area contributed by atoms with Gasteiger partial charge in [-0.2, -0.15) is 0 Å². The third kappa shape index (κ3) is 2.40. The molecule has 124 valence electrons. The molecule has 0 spiro atoms. The predicted octanol–water partition coefficient (Wildman–Crippen LogP) is 4.83. The fraction of sp³-hybridized carbons (Fsp3) is 0.278. The first-order chi connectivity index (χ1) is 11.4. The van der Waals surface area contributed by atoms with Gasteiger partial charge in [-0.3, -0.25) is 4.90 Å². The van der Waals surface area contributed by atoms with Crippen LogP contribution in [0.25, 0.3) is 0 Å². The Hall–Kier alpha value is -1.66. The normalized spacial score (nSPS) is 24.9. The first kappa shape index (κ1) is 15.8. The molecular weight excluding hydrogens is 391 g/mol. The van der Waals surface area contributed by atoms with Crippen LogP contribution in [0.1, 0.15) is 30.5 Å². The van der Waals surface area contributed by atoms with Crippen LogP contribution in [0.4, 0.5) is 10.1 Å². The molecule has 0 aliphatic carbocycles. The first-order valence-electron chi connectivity index (χ1n) is 7.73. The highest BCUT2D eigenvalue weighted by atomic mass is 79.9. The van der Waals surface area contributed by atoms with E-state index in [-0.39, 0.29) is 11.9 Å². The largest absolute Gasteiger partial charge is 0.467 e. The summed E-state index contributed by atoms with van der Waals surface area (Å²) in [5, 5.41) is 3.99. The summed E-state index contributed by atoms with van der Waals surface area (Å²) >= 11 is 9.11. The minimum atomic E-state index is -0.613. The number of nitrogens with one attached hydrogen (secondary N) is 1. The molecule has 2 bridgehead atoms. The molecule has 0 unspecified atom stereocenters. The Morgan fingerprint density at radius 2 is 2.12 bits per heavy atom. The Bertz CT molecular complexity index is 859. The summed E-state index contributed by atoms with van der Waals surface area (Å²) in [6.45, 7) is 3.77. The summed E-state index contributed by atoms with van der Waals surface area (Å²) in [5.74, 6) is 0.619. The van der Waals surface area contributed by atoms with Gasteiger partial charge in [0.1, 0.15) is 11.6 Å². The minimum Gasteiger partial charge on any atom is -0.467 e. The molecule has 2 aromatic rings. The smallest absolute Gasteiger partial charge is 0.188 e. The lowest BCUT2D eigenvalue weighted by Gasteiger charge is -2.52. The van der Waals surface area contributed by atoms with E-state index in [4.69, 9.17) is 17.0 Å².